The lowest BCUT2D eigenvalue weighted by atomic mass is 10.1. The van der Waals surface area contributed by atoms with Crippen molar-refractivity contribution in [3.63, 3.8) is 0 Å². The van der Waals surface area contributed by atoms with Crippen LogP contribution in [0.1, 0.15) is 17.3 Å². The monoisotopic (exact) mass is 442 g/mol. The van der Waals surface area contributed by atoms with Gasteiger partial charge in [-0.1, -0.05) is 0 Å². The average molecular weight is 442 g/mol. The van der Waals surface area contributed by atoms with E-state index in [0.717, 1.165) is 0 Å². The Morgan fingerprint density at radius 3 is 2.56 bits per heavy atom. The van der Waals surface area contributed by atoms with Crippen LogP contribution in [0.2, 0.25) is 0 Å². The lowest BCUT2D eigenvalue weighted by Gasteiger charge is -2.37. The summed E-state index contributed by atoms with van der Waals surface area (Å²) >= 11 is 0. The van der Waals surface area contributed by atoms with Gasteiger partial charge in [-0.15, -0.1) is 0 Å². The number of ether oxygens (including phenoxy) is 3. The first-order valence-corrected chi connectivity index (χ1v) is 10.3. The average Bonchev–Trinajstić information content (AvgIpc) is 2.82. The second kappa shape index (κ2) is 9.35. The number of fused-ring (bicyclic) bond motifs is 1. The highest BCUT2D eigenvalue weighted by atomic mass is 19.1. The van der Waals surface area contributed by atoms with Crippen LogP contribution in [0.15, 0.2) is 42.5 Å². The number of morpholine rings is 1. The maximum absolute atomic E-state index is 13.0. The predicted molar refractivity (Wildman–Crippen MR) is 113 cm³/mol. The van der Waals surface area contributed by atoms with Crippen LogP contribution in [-0.2, 0) is 14.3 Å². The summed E-state index contributed by atoms with van der Waals surface area (Å²) in [4.78, 5) is 41.4. The number of anilines is 1. The Morgan fingerprint density at radius 1 is 1.12 bits per heavy atom. The summed E-state index contributed by atoms with van der Waals surface area (Å²) in [6.07, 6.45) is 0. The van der Waals surface area contributed by atoms with Crippen molar-refractivity contribution in [2.75, 3.05) is 44.4 Å². The number of hydrogen-bond donors (Lipinski definition) is 0. The second-order valence-corrected chi connectivity index (χ2v) is 7.51. The molecule has 9 heteroatoms. The van der Waals surface area contributed by atoms with E-state index in [-0.39, 0.29) is 30.8 Å². The maximum atomic E-state index is 13.0. The summed E-state index contributed by atoms with van der Waals surface area (Å²) in [5, 5.41) is 0. The SMILES string of the molecule is CC(C(=O)N1CCOCC1)N1C(=O)COc2ccc(C(=O)COc3ccc(F)cc3)cc21. The third kappa shape index (κ3) is 4.57. The van der Waals surface area contributed by atoms with Gasteiger partial charge in [-0.25, -0.2) is 4.39 Å². The Labute approximate surface area is 184 Å². The number of Topliss-reactive ketones (excluding diaryl/α,β-unsaturated/α-hetero) is 1. The lowest BCUT2D eigenvalue weighted by molar-refractivity contribution is -0.138. The van der Waals surface area contributed by atoms with E-state index in [2.05, 4.69) is 0 Å². The van der Waals surface area contributed by atoms with Crippen molar-refractivity contribution in [3.05, 3.63) is 53.8 Å². The summed E-state index contributed by atoms with van der Waals surface area (Å²) in [7, 11) is 0. The predicted octanol–water partition coefficient (Wildman–Crippen LogP) is 2.06. The molecule has 2 aromatic carbocycles. The molecule has 0 saturated carbocycles. The van der Waals surface area contributed by atoms with Crippen molar-refractivity contribution in [2.45, 2.75) is 13.0 Å². The first-order valence-electron chi connectivity index (χ1n) is 10.3. The highest BCUT2D eigenvalue weighted by molar-refractivity contribution is 6.05. The van der Waals surface area contributed by atoms with Crippen LogP contribution in [0.3, 0.4) is 0 Å². The molecule has 0 N–H and O–H groups in total. The zero-order valence-corrected chi connectivity index (χ0v) is 17.6. The zero-order chi connectivity index (χ0) is 22.7. The number of benzene rings is 2. The summed E-state index contributed by atoms with van der Waals surface area (Å²) in [6, 6.07) is 9.31. The number of carbonyl (C=O) groups is 3. The molecule has 8 nitrogen and oxygen atoms in total. The van der Waals surface area contributed by atoms with E-state index in [0.29, 0.717) is 49.1 Å². The molecule has 32 heavy (non-hydrogen) atoms. The maximum Gasteiger partial charge on any atom is 0.265 e. The number of carbonyl (C=O) groups excluding carboxylic acids is 3. The summed E-state index contributed by atoms with van der Waals surface area (Å²) < 4.78 is 29.2. The fraction of sp³-hybridized carbons (Fsp3) is 0.348. The second-order valence-electron chi connectivity index (χ2n) is 7.51. The fourth-order valence-corrected chi connectivity index (χ4v) is 3.69. The number of hydrogen-bond acceptors (Lipinski definition) is 6. The molecule has 1 saturated heterocycles. The van der Waals surface area contributed by atoms with Crippen LogP contribution >= 0.6 is 0 Å². The largest absolute Gasteiger partial charge is 0.485 e. The summed E-state index contributed by atoms with van der Waals surface area (Å²) in [5.74, 6) is -0.499. The number of rotatable bonds is 6. The molecule has 1 atom stereocenters. The molecule has 0 radical (unpaired) electrons. The van der Waals surface area contributed by atoms with Crippen LogP contribution < -0.4 is 14.4 Å². The summed E-state index contributed by atoms with van der Waals surface area (Å²) in [5.41, 5.74) is 0.670. The summed E-state index contributed by atoms with van der Waals surface area (Å²) in [6.45, 7) is 3.06. The van der Waals surface area contributed by atoms with Crippen molar-refractivity contribution >= 4 is 23.3 Å². The lowest BCUT2D eigenvalue weighted by Crippen LogP contribution is -2.54. The van der Waals surface area contributed by atoms with E-state index in [1.165, 1.54) is 35.2 Å². The van der Waals surface area contributed by atoms with Crippen molar-refractivity contribution in [1.29, 1.82) is 0 Å². The van der Waals surface area contributed by atoms with Crippen LogP contribution in [-0.4, -0.2) is 68.1 Å². The van der Waals surface area contributed by atoms with Crippen LogP contribution in [0.4, 0.5) is 10.1 Å². The van der Waals surface area contributed by atoms with Gasteiger partial charge in [0.15, 0.2) is 19.0 Å². The van der Waals surface area contributed by atoms with Crippen molar-refractivity contribution in [1.82, 2.24) is 4.90 Å². The quantitative estimate of drug-likeness (QED) is 0.637. The van der Waals surface area contributed by atoms with Gasteiger partial charge >= 0.3 is 0 Å². The number of halogens is 1. The minimum Gasteiger partial charge on any atom is -0.485 e. The van der Waals surface area contributed by atoms with Gasteiger partial charge in [0.25, 0.3) is 5.91 Å². The normalized spacial score (nSPS) is 16.8. The highest BCUT2D eigenvalue weighted by Crippen LogP contribution is 2.35. The molecular formula is C23H23FN2O6. The molecule has 2 aliphatic heterocycles. The van der Waals surface area contributed by atoms with E-state index < -0.39 is 11.9 Å². The Balaban J connectivity index is 1.52. The molecule has 1 unspecified atom stereocenters. The van der Waals surface area contributed by atoms with Gasteiger partial charge in [0.2, 0.25) is 5.91 Å². The number of amides is 2. The van der Waals surface area contributed by atoms with E-state index in [4.69, 9.17) is 14.2 Å². The molecule has 4 rings (SSSR count). The van der Waals surface area contributed by atoms with Gasteiger partial charge in [0.1, 0.15) is 23.4 Å². The zero-order valence-electron chi connectivity index (χ0n) is 17.6. The Bertz CT molecular complexity index is 1020. The molecule has 0 aliphatic carbocycles. The smallest absolute Gasteiger partial charge is 0.265 e. The van der Waals surface area contributed by atoms with E-state index in [1.807, 2.05) is 0 Å². The van der Waals surface area contributed by atoms with Gasteiger partial charge in [0.05, 0.1) is 18.9 Å². The fourth-order valence-electron chi connectivity index (χ4n) is 3.69. The Hall–Kier alpha value is -3.46. The molecule has 0 aromatic heterocycles. The molecule has 2 aliphatic rings. The molecule has 2 amide bonds. The molecule has 2 heterocycles. The topological polar surface area (TPSA) is 85.4 Å². The minimum atomic E-state index is -0.760. The van der Waals surface area contributed by atoms with Gasteiger partial charge < -0.3 is 19.1 Å². The highest BCUT2D eigenvalue weighted by Gasteiger charge is 2.36. The van der Waals surface area contributed by atoms with Gasteiger partial charge in [-0.05, 0) is 49.4 Å². The minimum absolute atomic E-state index is 0.186. The third-order valence-corrected chi connectivity index (χ3v) is 5.41. The molecule has 168 valence electrons. The molecular weight excluding hydrogens is 419 g/mol. The van der Waals surface area contributed by atoms with Crippen molar-refractivity contribution < 1.29 is 33.0 Å². The van der Waals surface area contributed by atoms with E-state index in [9.17, 15) is 18.8 Å². The van der Waals surface area contributed by atoms with Crippen molar-refractivity contribution in [2.24, 2.45) is 0 Å². The molecule has 2 aromatic rings. The number of nitrogens with zero attached hydrogens (tertiary/aromatic N) is 2. The Morgan fingerprint density at radius 2 is 1.84 bits per heavy atom. The number of ketones is 1. The van der Waals surface area contributed by atoms with Crippen LogP contribution in [0.5, 0.6) is 11.5 Å². The van der Waals surface area contributed by atoms with Crippen molar-refractivity contribution in [3.8, 4) is 11.5 Å². The van der Waals surface area contributed by atoms with E-state index >= 15 is 0 Å². The molecule has 0 spiro atoms. The standard InChI is InChI=1S/C23H23FN2O6/c1-15(23(29)25-8-10-30-11-9-25)26-19-12-16(2-7-21(19)32-14-22(26)28)20(27)13-31-18-5-3-17(24)4-6-18/h2-7,12,15H,8-11,13-14H2,1H3. The first-order chi connectivity index (χ1) is 15.4. The molecule has 0 bridgehead atoms. The van der Waals surface area contributed by atoms with Gasteiger partial charge in [-0.2, -0.15) is 0 Å². The molecule has 1 fully saturated rings. The Kier molecular flexibility index (Phi) is 6.36. The third-order valence-electron chi connectivity index (χ3n) is 5.41. The van der Waals surface area contributed by atoms with Crippen LogP contribution in [0, 0.1) is 5.82 Å². The van der Waals surface area contributed by atoms with E-state index in [1.54, 1.807) is 24.0 Å². The van der Waals surface area contributed by atoms with Gasteiger partial charge in [-0.3, -0.25) is 19.3 Å². The van der Waals surface area contributed by atoms with Gasteiger partial charge in [0, 0.05) is 18.7 Å². The van der Waals surface area contributed by atoms with Crippen LogP contribution in [0.25, 0.3) is 0 Å². The first kappa shape index (κ1) is 21.8.